The summed E-state index contributed by atoms with van der Waals surface area (Å²) in [6.07, 6.45) is 3.09. The van der Waals surface area contributed by atoms with Crippen molar-refractivity contribution in [3.8, 4) is 11.5 Å². The number of aryl methyl sites for hydroxylation is 1. The fourth-order valence-electron chi connectivity index (χ4n) is 3.08. The van der Waals surface area contributed by atoms with Crippen LogP contribution in [-0.2, 0) is 6.42 Å². The van der Waals surface area contributed by atoms with Crippen LogP contribution in [0, 0.1) is 6.92 Å². The predicted octanol–water partition coefficient (Wildman–Crippen LogP) is 3.92. The van der Waals surface area contributed by atoms with Crippen molar-refractivity contribution in [2.24, 2.45) is 4.99 Å². The molecule has 3 N–H and O–H groups in total. The van der Waals surface area contributed by atoms with Gasteiger partial charge in [-0.1, -0.05) is 6.07 Å². The minimum atomic E-state index is -0.191. The van der Waals surface area contributed by atoms with E-state index < -0.39 is 0 Å². The average Bonchev–Trinajstić information content (AvgIpc) is 3.21. The van der Waals surface area contributed by atoms with Gasteiger partial charge in [-0.15, -0.1) is 24.0 Å². The van der Waals surface area contributed by atoms with Gasteiger partial charge in [-0.2, -0.15) is 0 Å². The third kappa shape index (κ3) is 9.93. The molecular formula is C24H37IN4O4. The number of hydrogen-bond acceptors (Lipinski definition) is 5. The fourth-order valence-corrected chi connectivity index (χ4v) is 3.08. The third-order valence-electron chi connectivity index (χ3n) is 4.62. The zero-order chi connectivity index (χ0) is 23.2. The average molecular weight is 572 g/mol. The molecule has 0 aliphatic heterocycles. The molecule has 0 saturated carbocycles. The second-order valence-electron chi connectivity index (χ2n) is 7.13. The molecule has 0 saturated heterocycles. The summed E-state index contributed by atoms with van der Waals surface area (Å²) in [4.78, 5) is 16.6. The highest BCUT2D eigenvalue weighted by atomic mass is 127. The standard InChI is InChI=1S/C24H36N4O4.HI/c1-5-25-24(27-14-8-13-26-23(29)22-18(4)12-16-32-22)28-15-11-19-9-10-20(30-6-2)21(17-19)31-7-3;/h9-10,12,16-17H,5-8,11,13-15H2,1-4H3,(H,26,29)(H2,25,27,28);1H. The molecular weight excluding hydrogens is 535 g/mol. The van der Waals surface area contributed by atoms with Crippen LogP contribution in [0.3, 0.4) is 0 Å². The molecule has 1 aromatic carbocycles. The van der Waals surface area contributed by atoms with E-state index in [9.17, 15) is 4.79 Å². The van der Waals surface area contributed by atoms with Crippen molar-refractivity contribution < 1.29 is 18.7 Å². The Morgan fingerprint density at radius 1 is 1.00 bits per heavy atom. The summed E-state index contributed by atoms with van der Waals surface area (Å²) in [7, 11) is 0. The van der Waals surface area contributed by atoms with Crippen molar-refractivity contribution in [1.29, 1.82) is 0 Å². The number of amides is 1. The largest absolute Gasteiger partial charge is 0.490 e. The topological polar surface area (TPSA) is 97.1 Å². The maximum Gasteiger partial charge on any atom is 0.287 e. The van der Waals surface area contributed by atoms with Crippen molar-refractivity contribution in [3.63, 3.8) is 0 Å². The van der Waals surface area contributed by atoms with Gasteiger partial charge in [0.1, 0.15) is 0 Å². The third-order valence-corrected chi connectivity index (χ3v) is 4.62. The van der Waals surface area contributed by atoms with Crippen LogP contribution < -0.4 is 25.4 Å². The normalized spacial score (nSPS) is 10.8. The summed E-state index contributed by atoms with van der Waals surface area (Å²) in [6.45, 7) is 11.7. The number of carbonyl (C=O) groups is 1. The molecule has 2 aromatic rings. The van der Waals surface area contributed by atoms with Gasteiger partial charge in [0.2, 0.25) is 0 Å². The van der Waals surface area contributed by atoms with Gasteiger partial charge < -0.3 is 29.8 Å². The molecule has 33 heavy (non-hydrogen) atoms. The molecule has 0 atom stereocenters. The Hall–Kier alpha value is -2.43. The molecule has 0 aliphatic carbocycles. The van der Waals surface area contributed by atoms with E-state index in [1.54, 1.807) is 6.07 Å². The highest BCUT2D eigenvalue weighted by Crippen LogP contribution is 2.28. The molecule has 0 unspecified atom stereocenters. The molecule has 184 valence electrons. The lowest BCUT2D eigenvalue weighted by Gasteiger charge is -2.14. The molecule has 8 nitrogen and oxygen atoms in total. The van der Waals surface area contributed by atoms with E-state index in [1.807, 2.05) is 39.8 Å². The van der Waals surface area contributed by atoms with E-state index in [2.05, 4.69) is 27.0 Å². The summed E-state index contributed by atoms with van der Waals surface area (Å²) < 4.78 is 16.5. The number of guanidine groups is 1. The Morgan fingerprint density at radius 3 is 2.42 bits per heavy atom. The van der Waals surface area contributed by atoms with E-state index in [-0.39, 0.29) is 29.9 Å². The second-order valence-corrected chi connectivity index (χ2v) is 7.13. The van der Waals surface area contributed by atoms with Crippen molar-refractivity contribution >= 4 is 35.8 Å². The lowest BCUT2D eigenvalue weighted by molar-refractivity contribution is 0.0925. The first-order chi connectivity index (χ1) is 15.6. The maximum absolute atomic E-state index is 12.0. The monoisotopic (exact) mass is 572 g/mol. The molecule has 0 radical (unpaired) electrons. The minimum Gasteiger partial charge on any atom is -0.490 e. The summed E-state index contributed by atoms with van der Waals surface area (Å²) >= 11 is 0. The maximum atomic E-state index is 12.0. The molecule has 1 heterocycles. The number of halogens is 1. The number of nitrogens with one attached hydrogen (secondary N) is 3. The zero-order valence-electron chi connectivity index (χ0n) is 20.0. The van der Waals surface area contributed by atoms with Crippen LogP contribution in [-0.4, -0.2) is 51.3 Å². The number of benzene rings is 1. The first-order valence-corrected chi connectivity index (χ1v) is 11.3. The number of nitrogens with zero attached hydrogens (tertiary/aromatic N) is 1. The van der Waals surface area contributed by atoms with Crippen molar-refractivity contribution in [2.45, 2.75) is 40.5 Å². The Bertz CT molecular complexity index is 870. The number of ether oxygens (including phenoxy) is 2. The Labute approximate surface area is 213 Å². The van der Waals surface area contributed by atoms with Crippen LogP contribution >= 0.6 is 24.0 Å². The van der Waals surface area contributed by atoms with Crippen LogP contribution in [0.4, 0.5) is 0 Å². The Balaban J connectivity index is 0.00000544. The van der Waals surface area contributed by atoms with Crippen LogP contribution in [0.15, 0.2) is 39.9 Å². The summed E-state index contributed by atoms with van der Waals surface area (Å²) in [5.41, 5.74) is 2.00. The molecule has 1 aromatic heterocycles. The van der Waals surface area contributed by atoms with Crippen LogP contribution in [0.5, 0.6) is 11.5 Å². The van der Waals surface area contributed by atoms with E-state index in [4.69, 9.17) is 13.9 Å². The Morgan fingerprint density at radius 2 is 1.76 bits per heavy atom. The first-order valence-electron chi connectivity index (χ1n) is 11.3. The smallest absolute Gasteiger partial charge is 0.287 e. The van der Waals surface area contributed by atoms with E-state index >= 15 is 0 Å². The van der Waals surface area contributed by atoms with Gasteiger partial charge in [-0.05, 0) is 64.3 Å². The van der Waals surface area contributed by atoms with Gasteiger partial charge in [0, 0.05) is 31.7 Å². The summed E-state index contributed by atoms with van der Waals surface area (Å²) in [5.74, 6) is 2.49. The Kier molecular flexibility index (Phi) is 14.1. The van der Waals surface area contributed by atoms with Gasteiger partial charge in [-0.25, -0.2) is 0 Å². The first kappa shape index (κ1) is 28.6. The quantitative estimate of drug-likeness (QED) is 0.146. The highest BCUT2D eigenvalue weighted by molar-refractivity contribution is 14.0. The van der Waals surface area contributed by atoms with Gasteiger partial charge in [-0.3, -0.25) is 9.79 Å². The molecule has 0 aliphatic rings. The number of hydrogen-bond donors (Lipinski definition) is 3. The molecule has 1 amide bonds. The van der Waals surface area contributed by atoms with Crippen LogP contribution in [0.2, 0.25) is 0 Å². The number of furan rings is 1. The lowest BCUT2D eigenvalue weighted by atomic mass is 10.1. The van der Waals surface area contributed by atoms with Crippen molar-refractivity contribution in [1.82, 2.24) is 16.0 Å². The van der Waals surface area contributed by atoms with E-state index in [0.29, 0.717) is 32.1 Å². The van der Waals surface area contributed by atoms with Crippen LogP contribution in [0.1, 0.15) is 48.9 Å². The van der Waals surface area contributed by atoms with Gasteiger partial charge in [0.05, 0.1) is 19.5 Å². The second kappa shape index (κ2) is 16.2. The zero-order valence-corrected chi connectivity index (χ0v) is 22.4. The summed E-state index contributed by atoms with van der Waals surface area (Å²) in [6, 6.07) is 7.83. The fraction of sp³-hybridized carbons (Fsp3) is 0.500. The molecule has 2 rings (SSSR count). The van der Waals surface area contributed by atoms with Gasteiger partial charge in [0.15, 0.2) is 23.2 Å². The highest BCUT2D eigenvalue weighted by Gasteiger charge is 2.11. The molecule has 9 heteroatoms. The number of rotatable bonds is 13. The number of carbonyl (C=O) groups excluding carboxylic acids is 1. The predicted molar refractivity (Wildman–Crippen MR) is 142 cm³/mol. The van der Waals surface area contributed by atoms with Crippen molar-refractivity contribution in [3.05, 3.63) is 47.4 Å². The molecule has 0 spiro atoms. The van der Waals surface area contributed by atoms with E-state index in [0.717, 1.165) is 54.5 Å². The van der Waals surface area contributed by atoms with Crippen molar-refractivity contribution in [2.75, 3.05) is 39.4 Å². The summed E-state index contributed by atoms with van der Waals surface area (Å²) in [5, 5.41) is 9.46. The van der Waals surface area contributed by atoms with Crippen LogP contribution in [0.25, 0.3) is 0 Å². The lowest BCUT2D eigenvalue weighted by Crippen LogP contribution is -2.38. The van der Waals surface area contributed by atoms with E-state index in [1.165, 1.54) is 6.26 Å². The van der Waals surface area contributed by atoms with Gasteiger partial charge in [0.25, 0.3) is 5.91 Å². The molecule has 0 fully saturated rings. The van der Waals surface area contributed by atoms with Gasteiger partial charge >= 0.3 is 0 Å². The SMILES string of the molecule is CCNC(=NCCCNC(=O)c1occc1C)NCCc1ccc(OCC)c(OCC)c1.I. The molecule has 0 bridgehead atoms. The minimum absolute atomic E-state index is 0. The number of aliphatic imine (C=N–C) groups is 1.